The van der Waals surface area contributed by atoms with E-state index in [-0.39, 0.29) is 5.91 Å². The molecule has 0 fully saturated rings. The van der Waals surface area contributed by atoms with Gasteiger partial charge in [0.25, 0.3) is 5.91 Å². The van der Waals surface area contributed by atoms with Crippen LogP contribution in [0.5, 0.6) is 0 Å². The summed E-state index contributed by atoms with van der Waals surface area (Å²) in [5, 5.41) is 8.64. The number of hydrogen-bond donors (Lipinski definition) is 1. The van der Waals surface area contributed by atoms with Crippen molar-refractivity contribution < 1.29 is 14.7 Å². The first-order chi connectivity index (χ1) is 9.85. The van der Waals surface area contributed by atoms with Gasteiger partial charge in [-0.25, -0.2) is 4.79 Å². The lowest BCUT2D eigenvalue weighted by molar-refractivity contribution is -0.131. The molecule has 0 aromatic heterocycles. The molecule has 1 atom stereocenters. The molecular weight excluding hydrogens is 266 g/mol. The number of carbonyl (C=O) groups excluding carboxylic acids is 1. The predicted molar refractivity (Wildman–Crippen MR) is 84.3 cm³/mol. The topological polar surface area (TPSA) is 57.6 Å². The fourth-order valence-corrected chi connectivity index (χ4v) is 2.06. The number of aryl methyl sites for hydroxylation is 1. The standard InChI is InChI=1S/C17H23NO3/c1-5-12(2)11-18(4)17(21)15-7-6-14(13(3)10-15)8-9-16(19)20/h6-10,12H,5,11H2,1-4H3,(H,19,20)/b9-8+. The quantitative estimate of drug-likeness (QED) is 0.818. The Balaban J connectivity index is 2.88. The van der Waals surface area contributed by atoms with Crippen LogP contribution in [0.25, 0.3) is 6.08 Å². The molecule has 0 radical (unpaired) electrons. The van der Waals surface area contributed by atoms with Crippen LogP contribution >= 0.6 is 0 Å². The molecular formula is C17H23NO3. The first-order valence-corrected chi connectivity index (χ1v) is 7.12. The van der Waals surface area contributed by atoms with Gasteiger partial charge >= 0.3 is 5.97 Å². The minimum Gasteiger partial charge on any atom is -0.478 e. The Labute approximate surface area is 126 Å². The smallest absolute Gasteiger partial charge is 0.328 e. The first kappa shape index (κ1) is 17.0. The van der Waals surface area contributed by atoms with E-state index in [1.54, 1.807) is 23.1 Å². The molecule has 1 N–H and O–H groups in total. The van der Waals surface area contributed by atoms with E-state index in [1.165, 1.54) is 6.08 Å². The number of benzene rings is 1. The summed E-state index contributed by atoms with van der Waals surface area (Å²) in [6.45, 7) is 6.83. The van der Waals surface area contributed by atoms with Gasteiger partial charge in [-0.15, -0.1) is 0 Å². The van der Waals surface area contributed by atoms with Gasteiger partial charge in [0, 0.05) is 25.2 Å². The van der Waals surface area contributed by atoms with Crippen LogP contribution in [0.15, 0.2) is 24.3 Å². The minimum absolute atomic E-state index is 0.00726. The molecule has 1 rings (SSSR count). The van der Waals surface area contributed by atoms with Crippen molar-refractivity contribution in [3.8, 4) is 0 Å². The van der Waals surface area contributed by atoms with Crippen LogP contribution in [0.1, 0.15) is 41.8 Å². The third-order valence-electron chi connectivity index (χ3n) is 3.55. The molecule has 1 aromatic carbocycles. The van der Waals surface area contributed by atoms with Crippen molar-refractivity contribution >= 4 is 18.0 Å². The van der Waals surface area contributed by atoms with E-state index in [0.29, 0.717) is 11.5 Å². The van der Waals surface area contributed by atoms with Crippen molar-refractivity contribution in [1.82, 2.24) is 4.90 Å². The van der Waals surface area contributed by atoms with Gasteiger partial charge in [-0.2, -0.15) is 0 Å². The van der Waals surface area contributed by atoms with E-state index in [2.05, 4.69) is 13.8 Å². The number of hydrogen-bond acceptors (Lipinski definition) is 2. The Morgan fingerprint density at radius 2 is 2.05 bits per heavy atom. The second kappa shape index (κ2) is 7.62. The van der Waals surface area contributed by atoms with E-state index in [1.807, 2.05) is 14.0 Å². The highest BCUT2D eigenvalue weighted by molar-refractivity contribution is 5.94. The van der Waals surface area contributed by atoms with Crippen molar-refractivity contribution in [3.63, 3.8) is 0 Å². The maximum atomic E-state index is 12.3. The molecule has 114 valence electrons. The largest absolute Gasteiger partial charge is 0.478 e. The van der Waals surface area contributed by atoms with Crippen LogP contribution < -0.4 is 0 Å². The zero-order valence-corrected chi connectivity index (χ0v) is 13.1. The van der Waals surface area contributed by atoms with Gasteiger partial charge in [0.15, 0.2) is 0 Å². The van der Waals surface area contributed by atoms with Gasteiger partial charge in [0.1, 0.15) is 0 Å². The molecule has 1 aromatic rings. The monoisotopic (exact) mass is 289 g/mol. The summed E-state index contributed by atoms with van der Waals surface area (Å²) in [4.78, 5) is 24.6. The van der Waals surface area contributed by atoms with Gasteiger partial charge in [-0.05, 0) is 42.2 Å². The third-order valence-corrected chi connectivity index (χ3v) is 3.55. The second-order valence-corrected chi connectivity index (χ2v) is 5.44. The Bertz CT molecular complexity index is 549. The van der Waals surface area contributed by atoms with Crippen molar-refractivity contribution in [1.29, 1.82) is 0 Å². The Morgan fingerprint density at radius 3 is 2.57 bits per heavy atom. The summed E-state index contributed by atoms with van der Waals surface area (Å²) in [6, 6.07) is 5.32. The van der Waals surface area contributed by atoms with Crippen molar-refractivity contribution in [2.75, 3.05) is 13.6 Å². The summed E-state index contributed by atoms with van der Waals surface area (Å²) < 4.78 is 0. The Kier molecular flexibility index (Phi) is 6.15. The maximum absolute atomic E-state index is 12.3. The fraction of sp³-hybridized carbons (Fsp3) is 0.412. The summed E-state index contributed by atoms with van der Waals surface area (Å²) in [7, 11) is 1.81. The van der Waals surface area contributed by atoms with Gasteiger partial charge in [-0.3, -0.25) is 4.79 Å². The van der Waals surface area contributed by atoms with Gasteiger partial charge in [0.05, 0.1) is 0 Å². The predicted octanol–water partition coefficient (Wildman–Crippen LogP) is 3.21. The van der Waals surface area contributed by atoms with Gasteiger partial charge in [-0.1, -0.05) is 26.3 Å². The number of amides is 1. The molecule has 4 heteroatoms. The van der Waals surface area contributed by atoms with Crippen LogP contribution in [0.2, 0.25) is 0 Å². The summed E-state index contributed by atoms with van der Waals surface area (Å²) in [5.41, 5.74) is 2.32. The molecule has 0 aliphatic rings. The van der Waals surface area contributed by atoms with E-state index in [9.17, 15) is 9.59 Å². The Morgan fingerprint density at radius 1 is 1.38 bits per heavy atom. The average molecular weight is 289 g/mol. The minimum atomic E-state index is -0.983. The lowest BCUT2D eigenvalue weighted by Crippen LogP contribution is -2.30. The normalized spacial score (nSPS) is 12.4. The third kappa shape index (κ3) is 5.06. The van der Waals surface area contributed by atoms with E-state index in [4.69, 9.17) is 5.11 Å². The van der Waals surface area contributed by atoms with Crippen LogP contribution in [0, 0.1) is 12.8 Å². The van der Waals surface area contributed by atoms with Crippen molar-refractivity contribution in [2.45, 2.75) is 27.2 Å². The van der Waals surface area contributed by atoms with E-state index in [0.717, 1.165) is 30.2 Å². The number of rotatable bonds is 6. The highest BCUT2D eigenvalue weighted by Crippen LogP contribution is 2.15. The highest BCUT2D eigenvalue weighted by Gasteiger charge is 2.14. The zero-order valence-electron chi connectivity index (χ0n) is 13.1. The molecule has 0 saturated carbocycles. The summed E-state index contributed by atoms with van der Waals surface area (Å²) in [5.74, 6) is -0.521. The lowest BCUT2D eigenvalue weighted by atomic mass is 10.0. The first-order valence-electron chi connectivity index (χ1n) is 7.12. The zero-order chi connectivity index (χ0) is 16.0. The van der Waals surface area contributed by atoms with E-state index < -0.39 is 5.97 Å². The molecule has 0 saturated heterocycles. The van der Waals surface area contributed by atoms with Crippen LogP contribution in [0.3, 0.4) is 0 Å². The molecule has 1 amide bonds. The number of nitrogens with zero attached hydrogens (tertiary/aromatic N) is 1. The van der Waals surface area contributed by atoms with Crippen LogP contribution in [-0.2, 0) is 4.79 Å². The fourth-order valence-electron chi connectivity index (χ4n) is 2.06. The summed E-state index contributed by atoms with van der Waals surface area (Å²) >= 11 is 0. The average Bonchev–Trinajstić information content (AvgIpc) is 2.44. The van der Waals surface area contributed by atoms with Crippen LogP contribution in [-0.4, -0.2) is 35.5 Å². The molecule has 4 nitrogen and oxygen atoms in total. The summed E-state index contributed by atoms with van der Waals surface area (Å²) in [6.07, 6.45) is 3.67. The second-order valence-electron chi connectivity index (χ2n) is 5.44. The molecule has 1 unspecified atom stereocenters. The molecule has 0 spiro atoms. The maximum Gasteiger partial charge on any atom is 0.328 e. The van der Waals surface area contributed by atoms with Gasteiger partial charge < -0.3 is 10.0 Å². The van der Waals surface area contributed by atoms with Crippen LogP contribution in [0.4, 0.5) is 0 Å². The number of carboxylic acid groups (broad SMARTS) is 1. The SMILES string of the molecule is CCC(C)CN(C)C(=O)c1ccc(/C=C/C(=O)O)c(C)c1. The Hall–Kier alpha value is -2.10. The lowest BCUT2D eigenvalue weighted by Gasteiger charge is -2.21. The highest BCUT2D eigenvalue weighted by atomic mass is 16.4. The van der Waals surface area contributed by atoms with Crippen molar-refractivity contribution in [3.05, 3.63) is 41.0 Å². The van der Waals surface area contributed by atoms with E-state index >= 15 is 0 Å². The molecule has 0 bridgehead atoms. The number of carboxylic acids is 1. The van der Waals surface area contributed by atoms with Gasteiger partial charge in [0.2, 0.25) is 0 Å². The molecule has 0 aliphatic heterocycles. The molecule has 21 heavy (non-hydrogen) atoms. The molecule has 0 heterocycles. The molecule has 0 aliphatic carbocycles. The number of aliphatic carboxylic acids is 1. The number of carbonyl (C=O) groups is 2. The van der Waals surface area contributed by atoms with Crippen molar-refractivity contribution in [2.24, 2.45) is 5.92 Å².